The van der Waals surface area contributed by atoms with Gasteiger partial charge in [-0.05, 0) is 127 Å². The minimum absolute atomic E-state index is 0.122. The van der Waals surface area contributed by atoms with E-state index >= 15 is 0 Å². The number of methoxy groups -OCH3 is 3. The first-order valence-electron chi connectivity index (χ1n) is 21.0. The maximum atomic E-state index is 7.01. The number of para-hydroxylation sites is 1. The van der Waals surface area contributed by atoms with E-state index in [9.17, 15) is 0 Å². The predicted molar refractivity (Wildman–Crippen MR) is 245 cm³/mol. The number of benzene rings is 8. The molecule has 0 aliphatic heterocycles. The van der Waals surface area contributed by atoms with Crippen LogP contribution in [0, 0.1) is 0 Å². The van der Waals surface area contributed by atoms with E-state index in [2.05, 4.69) is 176 Å². The number of fused-ring (bicyclic) bond motifs is 16. The van der Waals surface area contributed by atoms with Gasteiger partial charge in [-0.3, -0.25) is 0 Å². The first-order chi connectivity index (χ1) is 29.9. The van der Waals surface area contributed by atoms with Crippen molar-refractivity contribution in [1.82, 2.24) is 4.57 Å². The Morgan fingerprint density at radius 3 is 1.59 bits per heavy atom. The number of nitrogens with zero attached hydrogens (tertiary/aromatic N) is 1. The Hall–Kier alpha value is -7.24. The van der Waals surface area contributed by atoms with Crippen molar-refractivity contribution in [3.63, 3.8) is 0 Å². The monoisotopic (exact) mass is 793 g/mol. The van der Waals surface area contributed by atoms with Gasteiger partial charge in [0.1, 0.15) is 6.61 Å². The lowest BCUT2D eigenvalue weighted by Gasteiger charge is -2.31. The van der Waals surface area contributed by atoms with Gasteiger partial charge in [0.15, 0.2) is 23.0 Å². The summed E-state index contributed by atoms with van der Waals surface area (Å²) in [6.07, 6.45) is 0. The van der Waals surface area contributed by atoms with E-state index in [4.69, 9.17) is 18.9 Å². The summed E-state index contributed by atoms with van der Waals surface area (Å²) in [5.41, 5.74) is 18.5. The number of ether oxygens (including phenoxy) is 4. The van der Waals surface area contributed by atoms with Crippen molar-refractivity contribution in [1.29, 1.82) is 0 Å². The van der Waals surface area contributed by atoms with Gasteiger partial charge in [0, 0.05) is 21.9 Å². The third-order valence-corrected chi connectivity index (χ3v) is 13.9. The third kappa shape index (κ3) is 4.66. The van der Waals surface area contributed by atoms with Crippen LogP contribution in [-0.4, -0.2) is 25.9 Å². The molecule has 0 amide bonds. The summed E-state index contributed by atoms with van der Waals surface area (Å²) in [5, 5.41) is 2.40. The lowest BCUT2D eigenvalue weighted by Crippen LogP contribution is -2.26. The van der Waals surface area contributed by atoms with Crippen LogP contribution in [-0.2, 0) is 17.4 Å². The fraction of sp³-hybridized carbons (Fsp3) is 0.143. The molecule has 1 spiro atoms. The lowest BCUT2D eigenvalue weighted by atomic mass is 9.70. The molecule has 9 aromatic rings. The van der Waals surface area contributed by atoms with Gasteiger partial charge >= 0.3 is 0 Å². The zero-order valence-corrected chi connectivity index (χ0v) is 34.8. The molecule has 0 radical (unpaired) electrons. The van der Waals surface area contributed by atoms with Crippen LogP contribution in [0.25, 0.3) is 60.9 Å². The molecule has 0 saturated carbocycles. The van der Waals surface area contributed by atoms with E-state index < -0.39 is 5.41 Å². The maximum Gasteiger partial charge on any atom is 0.162 e. The van der Waals surface area contributed by atoms with Crippen molar-refractivity contribution in [2.75, 3.05) is 21.3 Å². The number of rotatable bonds is 7. The van der Waals surface area contributed by atoms with Crippen molar-refractivity contribution >= 4 is 21.8 Å². The van der Waals surface area contributed by atoms with Gasteiger partial charge < -0.3 is 23.5 Å². The van der Waals surface area contributed by atoms with Crippen LogP contribution in [0.5, 0.6) is 23.0 Å². The Balaban J connectivity index is 1.05. The van der Waals surface area contributed by atoms with Crippen molar-refractivity contribution in [2.24, 2.45) is 0 Å². The SMILES string of the molecule is COc1cc2c(cc1OC)C1(c3ccccc3-c3ccccc31)c1cc(OC)c(OCc3cccc4c3c3cc5c(cc3n4-c3ccccc3)C(C)(C)c3ccccc3-5)cc1-2. The van der Waals surface area contributed by atoms with E-state index in [0.717, 1.165) is 39.0 Å². The van der Waals surface area contributed by atoms with Gasteiger partial charge in [0.05, 0.1) is 37.8 Å². The van der Waals surface area contributed by atoms with Crippen LogP contribution in [0.2, 0.25) is 0 Å². The second kappa shape index (κ2) is 12.9. The Labute approximate surface area is 355 Å². The summed E-state index contributed by atoms with van der Waals surface area (Å²) in [6, 6.07) is 57.2. The van der Waals surface area contributed by atoms with Crippen LogP contribution >= 0.6 is 0 Å². The summed E-state index contributed by atoms with van der Waals surface area (Å²) in [6.45, 7) is 5.04. The second-order valence-corrected chi connectivity index (χ2v) is 17.0. The van der Waals surface area contributed by atoms with E-state index in [1.165, 1.54) is 60.8 Å². The van der Waals surface area contributed by atoms with E-state index in [0.29, 0.717) is 29.6 Å². The van der Waals surface area contributed by atoms with Gasteiger partial charge in [-0.2, -0.15) is 0 Å². The molecule has 0 fully saturated rings. The number of aromatic nitrogens is 1. The van der Waals surface area contributed by atoms with Crippen molar-refractivity contribution in [3.8, 4) is 62.1 Å². The van der Waals surface area contributed by atoms with Crippen molar-refractivity contribution < 1.29 is 18.9 Å². The molecule has 3 aliphatic carbocycles. The van der Waals surface area contributed by atoms with E-state index in [1.807, 2.05) is 0 Å². The van der Waals surface area contributed by atoms with Gasteiger partial charge in [-0.25, -0.2) is 0 Å². The summed E-state index contributed by atoms with van der Waals surface area (Å²) in [7, 11) is 5.14. The van der Waals surface area contributed by atoms with Crippen LogP contribution in [0.15, 0.2) is 158 Å². The molecule has 8 aromatic carbocycles. The van der Waals surface area contributed by atoms with Gasteiger partial charge in [-0.15, -0.1) is 0 Å². The smallest absolute Gasteiger partial charge is 0.162 e. The fourth-order valence-electron chi connectivity index (χ4n) is 11.2. The molecule has 0 saturated heterocycles. The molecule has 1 aromatic heterocycles. The van der Waals surface area contributed by atoms with Crippen molar-refractivity contribution in [3.05, 3.63) is 197 Å². The largest absolute Gasteiger partial charge is 0.493 e. The number of hydrogen-bond donors (Lipinski definition) is 0. The molecule has 61 heavy (non-hydrogen) atoms. The van der Waals surface area contributed by atoms with E-state index in [1.54, 1.807) is 21.3 Å². The van der Waals surface area contributed by atoms with Crippen LogP contribution in [0.1, 0.15) is 52.8 Å². The Morgan fingerprint density at radius 2 is 0.951 bits per heavy atom. The Bertz CT molecular complexity index is 3260. The molecule has 0 bridgehead atoms. The van der Waals surface area contributed by atoms with E-state index in [-0.39, 0.29) is 5.41 Å². The molecule has 5 nitrogen and oxygen atoms in total. The Morgan fingerprint density at radius 1 is 0.426 bits per heavy atom. The minimum atomic E-state index is -0.596. The first-order valence-corrected chi connectivity index (χ1v) is 21.0. The third-order valence-electron chi connectivity index (χ3n) is 13.9. The standard InChI is InChI=1S/C56H43NO4/c1-55(2)42-22-12-9-21-37(42)38-26-41-49(29-45(38)55)57(34-17-7-6-8-18-34)48-25-15-16-33(54(41)48)32-61-53-28-40-39-27-50(58-3)51(59-4)30-46(39)56(47(40)31-52(53)60-5)43-23-13-10-19-35(43)36-20-11-14-24-44(36)56/h6-31H,32H2,1-5H3. The highest BCUT2D eigenvalue weighted by Gasteiger charge is 2.52. The Kier molecular flexibility index (Phi) is 7.53. The molecule has 1 heterocycles. The highest BCUT2D eigenvalue weighted by atomic mass is 16.5. The quantitative estimate of drug-likeness (QED) is 0.161. The topological polar surface area (TPSA) is 41.9 Å². The lowest BCUT2D eigenvalue weighted by molar-refractivity contribution is 0.285. The summed E-state index contributed by atoms with van der Waals surface area (Å²) in [5.74, 6) is 2.74. The molecule has 3 aliphatic rings. The summed E-state index contributed by atoms with van der Waals surface area (Å²) in [4.78, 5) is 0. The predicted octanol–water partition coefficient (Wildman–Crippen LogP) is 13.0. The van der Waals surface area contributed by atoms with Gasteiger partial charge in [0.2, 0.25) is 0 Å². The normalized spacial score (nSPS) is 14.3. The average molecular weight is 794 g/mol. The first kappa shape index (κ1) is 35.7. The zero-order valence-electron chi connectivity index (χ0n) is 34.8. The summed E-state index contributed by atoms with van der Waals surface area (Å²) < 4.78 is 27.6. The maximum absolute atomic E-state index is 7.01. The minimum Gasteiger partial charge on any atom is -0.493 e. The molecular weight excluding hydrogens is 751 g/mol. The number of hydrogen-bond acceptors (Lipinski definition) is 4. The fourth-order valence-corrected chi connectivity index (χ4v) is 11.2. The highest BCUT2D eigenvalue weighted by molar-refractivity contribution is 6.13. The molecule has 296 valence electrons. The highest BCUT2D eigenvalue weighted by Crippen LogP contribution is 2.65. The molecule has 0 atom stereocenters. The van der Waals surface area contributed by atoms with Gasteiger partial charge in [0.25, 0.3) is 0 Å². The molecular formula is C56H43NO4. The molecule has 5 heteroatoms. The molecule has 0 N–H and O–H groups in total. The average Bonchev–Trinajstić information content (AvgIpc) is 3.96. The second-order valence-electron chi connectivity index (χ2n) is 17.0. The van der Waals surface area contributed by atoms with Crippen LogP contribution in [0.4, 0.5) is 0 Å². The molecule has 12 rings (SSSR count). The van der Waals surface area contributed by atoms with Gasteiger partial charge in [-0.1, -0.05) is 117 Å². The molecule has 0 unspecified atom stereocenters. The van der Waals surface area contributed by atoms with Crippen LogP contribution in [0.3, 0.4) is 0 Å². The zero-order chi connectivity index (χ0) is 41.2. The van der Waals surface area contributed by atoms with Crippen LogP contribution < -0.4 is 18.9 Å². The van der Waals surface area contributed by atoms with Crippen molar-refractivity contribution in [2.45, 2.75) is 31.3 Å². The summed E-state index contributed by atoms with van der Waals surface area (Å²) >= 11 is 0.